The second-order valence-electron chi connectivity index (χ2n) is 4.97. The molecule has 1 N–H and O–H groups in total. The molecule has 1 rings (SSSR count). The van der Waals surface area contributed by atoms with E-state index in [1.807, 2.05) is 45.0 Å². The summed E-state index contributed by atoms with van der Waals surface area (Å²) < 4.78 is 0. The first kappa shape index (κ1) is 12.9. The molecule has 1 aromatic carbocycles. The molecule has 1 aromatic rings. The van der Waals surface area contributed by atoms with Crippen LogP contribution in [0.25, 0.3) is 0 Å². The van der Waals surface area contributed by atoms with E-state index in [1.54, 1.807) is 0 Å². The number of aldehydes is 1. The van der Waals surface area contributed by atoms with Crippen molar-refractivity contribution in [2.24, 2.45) is 0 Å². The Morgan fingerprint density at radius 3 is 2.31 bits per heavy atom. The average Bonchev–Trinajstić information content (AvgIpc) is 2.29. The topological polar surface area (TPSA) is 37.3 Å². The highest BCUT2D eigenvalue weighted by atomic mass is 16.3. The molecule has 0 radical (unpaired) electrons. The fraction of sp³-hybridized carbons (Fsp3) is 0.500. The van der Waals surface area contributed by atoms with E-state index in [2.05, 4.69) is 0 Å². The molecule has 0 saturated heterocycles. The summed E-state index contributed by atoms with van der Waals surface area (Å²) in [4.78, 5) is 10.4. The molecule has 0 spiro atoms. The van der Waals surface area contributed by atoms with Gasteiger partial charge in [-0.05, 0) is 17.0 Å². The van der Waals surface area contributed by atoms with Gasteiger partial charge in [-0.25, -0.2) is 0 Å². The van der Waals surface area contributed by atoms with Crippen molar-refractivity contribution in [2.45, 2.75) is 38.5 Å². The van der Waals surface area contributed by atoms with Crippen molar-refractivity contribution >= 4 is 6.29 Å². The van der Waals surface area contributed by atoms with Gasteiger partial charge in [0, 0.05) is 11.8 Å². The third-order valence-corrected chi connectivity index (χ3v) is 3.11. The zero-order valence-electron chi connectivity index (χ0n) is 10.2. The molecule has 0 aliphatic heterocycles. The zero-order valence-corrected chi connectivity index (χ0v) is 10.2. The van der Waals surface area contributed by atoms with Crippen molar-refractivity contribution < 1.29 is 9.90 Å². The lowest BCUT2D eigenvalue weighted by molar-refractivity contribution is -0.108. The van der Waals surface area contributed by atoms with Gasteiger partial charge in [-0.1, -0.05) is 45.0 Å². The molecular weight excluding hydrogens is 200 g/mol. The van der Waals surface area contributed by atoms with Gasteiger partial charge in [0.2, 0.25) is 0 Å². The highest BCUT2D eigenvalue weighted by molar-refractivity contribution is 5.51. The van der Waals surface area contributed by atoms with Crippen molar-refractivity contribution in [2.75, 3.05) is 6.61 Å². The lowest BCUT2D eigenvalue weighted by atomic mass is 9.84. The quantitative estimate of drug-likeness (QED) is 0.774. The van der Waals surface area contributed by atoms with Crippen LogP contribution < -0.4 is 0 Å². The third kappa shape index (κ3) is 2.92. The van der Waals surface area contributed by atoms with E-state index < -0.39 is 0 Å². The normalized spacial score (nSPS) is 13.5. The lowest BCUT2D eigenvalue weighted by Gasteiger charge is -2.22. The maximum atomic E-state index is 10.4. The van der Waals surface area contributed by atoms with Crippen molar-refractivity contribution in [1.29, 1.82) is 0 Å². The average molecular weight is 220 g/mol. The smallest absolute Gasteiger partial charge is 0.120 e. The summed E-state index contributed by atoms with van der Waals surface area (Å²) in [5.74, 6) is 0.267. The van der Waals surface area contributed by atoms with E-state index in [-0.39, 0.29) is 17.9 Å². The van der Waals surface area contributed by atoms with Crippen molar-refractivity contribution in [3.63, 3.8) is 0 Å². The van der Waals surface area contributed by atoms with Gasteiger partial charge in [-0.15, -0.1) is 0 Å². The Kier molecular flexibility index (Phi) is 4.25. The van der Waals surface area contributed by atoms with Crippen LogP contribution in [0.1, 0.15) is 44.2 Å². The van der Waals surface area contributed by atoms with E-state index >= 15 is 0 Å². The standard InChI is InChI=1S/C14H20O2/c1-11(8-9-15)12-4-6-13(7-5-12)14(2,3)10-16/h4-7,9,11,16H,8,10H2,1-3H3. The Bertz CT molecular complexity index is 338. The Balaban J connectivity index is 2.86. The highest BCUT2D eigenvalue weighted by Crippen LogP contribution is 2.25. The van der Waals surface area contributed by atoms with Crippen LogP contribution in [0.2, 0.25) is 0 Å². The number of benzene rings is 1. The molecule has 2 nitrogen and oxygen atoms in total. The van der Waals surface area contributed by atoms with Crippen LogP contribution in [0.5, 0.6) is 0 Å². The van der Waals surface area contributed by atoms with Crippen LogP contribution >= 0.6 is 0 Å². The van der Waals surface area contributed by atoms with E-state index in [0.717, 1.165) is 11.8 Å². The second kappa shape index (κ2) is 5.26. The van der Waals surface area contributed by atoms with Gasteiger partial charge >= 0.3 is 0 Å². The summed E-state index contributed by atoms with van der Waals surface area (Å²) in [6, 6.07) is 8.15. The predicted molar refractivity (Wildman–Crippen MR) is 65.6 cm³/mol. The Morgan fingerprint density at radius 2 is 1.88 bits per heavy atom. The minimum Gasteiger partial charge on any atom is -0.395 e. The maximum absolute atomic E-state index is 10.4. The number of carbonyl (C=O) groups is 1. The fourth-order valence-electron chi connectivity index (χ4n) is 1.63. The van der Waals surface area contributed by atoms with Gasteiger partial charge in [0.25, 0.3) is 0 Å². The Labute approximate surface area is 97.3 Å². The van der Waals surface area contributed by atoms with Crippen LogP contribution in [-0.2, 0) is 10.2 Å². The van der Waals surface area contributed by atoms with Crippen LogP contribution in [0.4, 0.5) is 0 Å². The molecule has 16 heavy (non-hydrogen) atoms. The summed E-state index contributed by atoms with van der Waals surface area (Å²) in [5, 5.41) is 9.26. The number of hydrogen-bond donors (Lipinski definition) is 1. The van der Waals surface area contributed by atoms with Crippen molar-refractivity contribution in [1.82, 2.24) is 0 Å². The summed E-state index contributed by atoms with van der Waals surface area (Å²) in [6.45, 7) is 6.20. The van der Waals surface area contributed by atoms with E-state index in [9.17, 15) is 9.90 Å². The van der Waals surface area contributed by atoms with E-state index in [4.69, 9.17) is 0 Å². The number of aliphatic hydroxyl groups excluding tert-OH is 1. The second-order valence-corrected chi connectivity index (χ2v) is 4.97. The summed E-state index contributed by atoms with van der Waals surface area (Å²) >= 11 is 0. The number of hydrogen-bond acceptors (Lipinski definition) is 2. The summed E-state index contributed by atoms with van der Waals surface area (Å²) in [5.41, 5.74) is 2.09. The molecule has 0 aliphatic carbocycles. The Morgan fingerprint density at radius 1 is 1.31 bits per heavy atom. The molecule has 0 aromatic heterocycles. The lowest BCUT2D eigenvalue weighted by Crippen LogP contribution is -2.21. The zero-order chi connectivity index (χ0) is 12.2. The van der Waals surface area contributed by atoms with Crippen molar-refractivity contribution in [3.05, 3.63) is 35.4 Å². The SMILES string of the molecule is CC(CC=O)c1ccc(C(C)(C)CO)cc1. The molecule has 0 heterocycles. The first-order valence-electron chi connectivity index (χ1n) is 5.66. The maximum Gasteiger partial charge on any atom is 0.120 e. The van der Waals surface area contributed by atoms with Gasteiger partial charge < -0.3 is 9.90 Å². The van der Waals surface area contributed by atoms with E-state index in [0.29, 0.717) is 6.42 Å². The van der Waals surface area contributed by atoms with Gasteiger partial charge in [0.1, 0.15) is 6.29 Å². The fourth-order valence-corrected chi connectivity index (χ4v) is 1.63. The molecule has 88 valence electrons. The summed E-state index contributed by atoms with van der Waals surface area (Å²) in [7, 11) is 0. The molecule has 0 amide bonds. The highest BCUT2D eigenvalue weighted by Gasteiger charge is 2.19. The minimum atomic E-state index is -0.202. The van der Waals surface area contributed by atoms with Gasteiger partial charge in [-0.3, -0.25) is 0 Å². The molecule has 0 fully saturated rings. The molecular formula is C14H20O2. The van der Waals surface area contributed by atoms with Gasteiger partial charge in [0.15, 0.2) is 0 Å². The first-order chi connectivity index (χ1) is 7.51. The molecule has 0 saturated carbocycles. The predicted octanol–water partition coefficient (Wildman–Crippen LogP) is 2.65. The third-order valence-electron chi connectivity index (χ3n) is 3.11. The van der Waals surface area contributed by atoms with Crippen LogP contribution in [0, 0.1) is 0 Å². The largest absolute Gasteiger partial charge is 0.395 e. The number of aliphatic hydroxyl groups is 1. The first-order valence-corrected chi connectivity index (χ1v) is 5.66. The molecule has 1 atom stereocenters. The van der Waals surface area contributed by atoms with Gasteiger partial charge in [-0.2, -0.15) is 0 Å². The Hall–Kier alpha value is -1.15. The number of carbonyl (C=O) groups excluding carboxylic acids is 1. The van der Waals surface area contributed by atoms with Crippen LogP contribution in [0.15, 0.2) is 24.3 Å². The number of rotatable bonds is 5. The monoisotopic (exact) mass is 220 g/mol. The van der Waals surface area contributed by atoms with E-state index in [1.165, 1.54) is 5.56 Å². The molecule has 0 aliphatic rings. The van der Waals surface area contributed by atoms with Gasteiger partial charge in [0.05, 0.1) is 6.61 Å². The molecule has 0 bridgehead atoms. The summed E-state index contributed by atoms with van der Waals surface area (Å²) in [6.07, 6.45) is 1.51. The molecule has 1 unspecified atom stereocenters. The minimum absolute atomic E-state index is 0.135. The van der Waals surface area contributed by atoms with Crippen LogP contribution in [-0.4, -0.2) is 18.0 Å². The van der Waals surface area contributed by atoms with Crippen molar-refractivity contribution in [3.8, 4) is 0 Å². The van der Waals surface area contributed by atoms with Crippen LogP contribution in [0.3, 0.4) is 0 Å². The molecule has 2 heteroatoms.